The van der Waals surface area contributed by atoms with Gasteiger partial charge >= 0.3 is 0 Å². The van der Waals surface area contributed by atoms with E-state index in [1.54, 1.807) is 6.07 Å². The van der Waals surface area contributed by atoms with E-state index in [4.69, 9.17) is 4.74 Å². The van der Waals surface area contributed by atoms with E-state index in [-0.39, 0.29) is 11.8 Å². The smallest absolute Gasteiger partial charge is 0.269 e. The normalized spacial score (nSPS) is 17.9. The first kappa shape index (κ1) is 19.6. The molecule has 2 N–H and O–H groups in total. The van der Waals surface area contributed by atoms with Gasteiger partial charge in [-0.05, 0) is 25.0 Å². The fourth-order valence-electron chi connectivity index (χ4n) is 3.33. The first-order valence-electron chi connectivity index (χ1n) is 9.79. The Kier molecular flexibility index (Phi) is 7.41. The van der Waals surface area contributed by atoms with Crippen molar-refractivity contribution in [2.24, 2.45) is 0 Å². The molecule has 1 aromatic rings. The van der Waals surface area contributed by atoms with Crippen LogP contribution < -0.4 is 10.6 Å². The van der Waals surface area contributed by atoms with E-state index in [9.17, 15) is 9.59 Å². The lowest BCUT2D eigenvalue weighted by molar-refractivity contribution is -0.127. The van der Waals surface area contributed by atoms with Gasteiger partial charge in [0.25, 0.3) is 5.91 Å². The standard InChI is InChI=1S/C19H29N5O3/c25-18-6-2-9-24(18)10-3-7-21-19(26)16-4-1-5-17(22-16)20-8-11-23-12-14-27-15-13-23/h1,4-5H,2-3,6-15H2,(H,20,22)(H,21,26). The highest BCUT2D eigenvalue weighted by atomic mass is 16.5. The SMILES string of the molecule is O=C(NCCCN1CCCC1=O)c1cccc(NCCN2CCOCC2)n1. The van der Waals surface area contributed by atoms with Crippen LogP contribution in [0.25, 0.3) is 0 Å². The number of rotatable bonds is 9. The minimum absolute atomic E-state index is 0.181. The average Bonchev–Trinajstić information content (AvgIpc) is 3.11. The van der Waals surface area contributed by atoms with Crippen LogP contribution in [0.1, 0.15) is 29.8 Å². The Labute approximate surface area is 160 Å². The third-order valence-corrected chi connectivity index (χ3v) is 4.88. The van der Waals surface area contributed by atoms with Gasteiger partial charge in [0.2, 0.25) is 5.91 Å². The number of ether oxygens (including phenoxy) is 1. The van der Waals surface area contributed by atoms with Crippen molar-refractivity contribution in [3.63, 3.8) is 0 Å². The van der Waals surface area contributed by atoms with Gasteiger partial charge in [-0.15, -0.1) is 0 Å². The van der Waals surface area contributed by atoms with Crippen molar-refractivity contribution in [3.8, 4) is 0 Å². The second-order valence-electron chi connectivity index (χ2n) is 6.88. The lowest BCUT2D eigenvalue weighted by atomic mass is 10.3. The van der Waals surface area contributed by atoms with Crippen LogP contribution >= 0.6 is 0 Å². The second kappa shape index (κ2) is 10.2. The lowest BCUT2D eigenvalue weighted by Crippen LogP contribution is -2.39. The Morgan fingerprint density at radius 2 is 2.00 bits per heavy atom. The molecule has 0 spiro atoms. The van der Waals surface area contributed by atoms with Crippen molar-refractivity contribution in [1.29, 1.82) is 0 Å². The molecule has 2 fully saturated rings. The molecule has 148 valence electrons. The van der Waals surface area contributed by atoms with E-state index in [1.165, 1.54) is 0 Å². The summed E-state index contributed by atoms with van der Waals surface area (Å²) in [6, 6.07) is 5.42. The van der Waals surface area contributed by atoms with Gasteiger partial charge in [0.1, 0.15) is 11.5 Å². The van der Waals surface area contributed by atoms with Gasteiger partial charge in [-0.3, -0.25) is 14.5 Å². The number of amides is 2. The van der Waals surface area contributed by atoms with E-state index in [2.05, 4.69) is 20.5 Å². The molecule has 27 heavy (non-hydrogen) atoms. The predicted octanol–water partition coefficient (Wildman–Crippen LogP) is 0.568. The highest BCUT2D eigenvalue weighted by Crippen LogP contribution is 2.09. The largest absolute Gasteiger partial charge is 0.379 e. The number of nitrogens with one attached hydrogen (secondary N) is 2. The molecule has 2 saturated heterocycles. The number of carbonyl (C=O) groups excluding carboxylic acids is 2. The molecule has 0 unspecified atom stereocenters. The maximum absolute atomic E-state index is 12.3. The number of hydrogen-bond acceptors (Lipinski definition) is 6. The molecule has 2 aliphatic rings. The number of pyridine rings is 1. The number of nitrogens with zero attached hydrogens (tertiary/aromatic N) is 3. The highest BCUT2D eigenvalue weighted by Gasteiger charge is 2.19. The maximum Gasteiger partial charge on any atom is 0.269 e. The summed E-state index contributed by atoms with van der Waals surface area (Å²) in [5.41, 5.74) is 0.406. The quantitative estimate of drug-likeness (QED) is 0.614. The van der Waals surface area contributed by atoms with Gasteiger partial charge in [-0.25, -0.2) is 4.98 Å². The summed E-state index contributed by atoms with van der Waals surface area (Å²) in [6.07, 6.45) is 2.36. The summed E-state index contributed by atoms with van der Waals surface area (Å²) in [6.45, 7) is 7.29. The van der Waals surface area contributed by atoms with Crippen LogP contribution in [0.15, 0.2) is 18.2 Å². The Balaban J connectivity index is 1.36. The van der Waals surface area contributed by atoms with Crippen LogP contribution in [0.5, 0.6) is 0 Å². The summed E-state index contributed by atoms with van der Waals surface area (Å²) in [5.74, 6) is 0.747. The van der Waals surface area contributed by atoms with Gasteiger partial charge in [0.05, 0.1) is 13.2 Å². The number of carbonyl (C=O) groups is 2. The van der Waals surface area contributed by atoms with E-state index < -0.39 is 0 Å². The van der Waals surface area contributed by atoms with Crippen molar-refractivity contribution in [2.75, 3.05) is 64.3 Å². The van der Waals surface area contributed by atoms with Crippen LogP contribution in [0.4, 0.5) is 5.82 Å². The molecular weight excluding hydrogens is 346 g/mol. The fraction of sp³-hybridized carbons (Fsp3) is 0.632. The third kappa shape index (κ3) is 6.18. The minimum atomic E-state index is -0.181. The molecule has 2 aliphatic heterocycles. The molecule has 0 bridgehead atoms. The molecule has 0 aromatic carbocycles. The first-order valence-corrected chi connectivity index (χ1v) is 9.79. The number of morpholine rings is 1. The van der Waals surface area contributed by atoms with Gasteiger partial charge in [0, 0.05) is 52.2 Å². The molecule has 2 amide bonds. The van der Waals surface area contributed by atoms with Gasteiger partial charge in [-0.2, -0.15) is 0 Å². The number of anilines is 1. The predicted molar refractivity (Wildman–Crippen MR) is 103 cm³/mol. The molecule has 0 aliphatic carbocycles. The van der Waals surface area contributed by atoms with Crippen molar-refractivity contribution in [3.05, 3.63) is 23.9 Å². The Bertz CT molecular complexity index is 634. The lowest BCUT2D eigenvalue weighted by Gasteiger charge is -2.26. The summed E-state index contributed by atoms with van der Waals surface area (Å²) in [5, 5.41) is 6.16. The third-order valence-electron chi connectivity index (χ3n) is 4.88. The van der Waals surface area contributed by atoms with Gasteiger partial charge in [-0.1, -0.05) is 6.07 Å². The molecule has 3 heterocycles. The zero-order chi connectivity index (χ0) is 18.9. The van der Waals surface area contributed by atoms with E-state index in [0.717, 1.165) is 58.8 Å². The number of likely N-dealkylation sites (tertiary alicyclic amines) is 1. The van der Waals surface area contributed by atoms with E-state index >= 15 is 0 Å². The molecule has 3 rings (SSSR count). The van der Waals surface area contributed by atoms with E-state index in [1.807, 2.05) is 17.0 Å². The maximum atomic E-state index is 12.3. The summed E-state index contributed by atoms with van der Waals surface area (Å²) < 4.78 is 5.34. The fourth-order valence-corrected chi connectivity index (χ4v) is 3.33. The van der Waals surface area contributed by atoms with Crippen molar-refractivity contribution in [1.82, 2.24) is 20.1 Å². The molecule has 0 radical (unpaired) electrons. The highest BCUT2D eigenvalue weighted by molar-refractivity contribution is 5.92. The Hall–Kier alpha value is -2.19. The first-order chi connectivity index (χ1) is 13.2. The van der Waals surface area contributed by atoms with Crippen molar-refractivity contribution in [2.45, 2.75) is 19.3 Å². The van der Waals surface area contributed by atoms with Gasteiger partial charge < -0.3 is 20.3 Å². The van der Waals surface area contributed by atoms with Crippen molar-refractivity contribution < 1.29 is 14.3 Å². The molecule has 1 aromatic heterocycles. The molecule has 0 atom stereocenters. The van der Waals surface area contributed by atoms with Crippen LogP contribution in [-0.2, 0) is 9.53 Å². The second-order valence-corrected chi connectivity index (χ2v) is 6.88. The number of aromatic nitrogens is 1. The number of hydrogen-bond donors (Lipinski definition) is 2. The van der Waals surface area contributed by atoms with Crippen molar-refractivity contribution >= 4 is 17.6 Å². The summed E-state index contributed by atoms with van der Waals surface area (Å²) >= 11 is 0. The van der Waals surface area contributed by atoms with E-state index in [0.29, 0.717) is 31.0 Å². The monoisotopic (exact) mass is 375 g/mol. The van der Waals surface area contributed by atoms with Crippen LogP contribution in [0.2, 0.25) is 0 Å². The minimum Gasteiger partial charge on any atom is -0.379 e. The topological polar surface area (TPSA) is 86.8 Å². The van der Waals surface area contributed by atoms with Crippen LogP contribution in [-0.4, -0.2) is 85.6 Å². The van der Waals surface area contributed by atoms with Crippen LogP contribution in [0.3, 0.4) is 0 Å². The average molecular weight is 375 g/mol. The zero-order valence-corrected chi connectivity index (χ0v) is 15.8. The Morgan fingerprint density at radius 3 is 2.78 bits per heavy atom. The zero-order valence-electron chi connectivity index (χ0n) is 15.8. The summed E-state index contributed by atoms with van der Waals surface area (Å²) in [4.78, 5) is 32.4. The van der Waals surface area contributed by atoms with Crippen LogP contribution in [0, 0.1) is 0 Å². The molecular formula is C19H29N5O3. The molecule has 0 saturated carbocycles. The van der Waals surface area contributed by atoms with Gasteiger partial charge in [0.15, 0.2) is 0 Å². The molecule has 8 nitrogen and oxygen atoms in total. The summed E-state index contributed by atoms with van der Waals surface area (Å²) in [7, 11) is 0. The molecule has 8 heteroatoms. The Morgan fingerprint density at radius 1 is 1.15 bits per heavy atom.